The maximum Gasteiger partial charge on any atom is 0.172 e. The summed E-state index contributed by atoms with van der Waals surface area (Å²) in [4.78, 5) is 23.9. The number of aliphatic hydroxyl groups excluding tert-OH is 2. The van der Waals surface area contributed by atoms with Crippen LogP contribution in [0.1, 0.15) is 20.7 Å². The number of benzene rings is 2. The highest BCUT2D eigenvalue weighted by molar-refractivity contribution is 8.00. The van der Waals surface area contributed by atoms with Crippen molar-refractivity contribution in [3.8, 4) is 0 Å². The Labute approximate surface area is 170 Å². The summed E-state index contributed by atoms with van der Waals surface area (Å²) in [6.07, 6.45) is -2.08. The molecular weight excluding hydrogens is 406 g/mol. The fourth-order valence-corrected chi connectivity index (χ4v) is 4.07. The summed E-state index contributed by atoms with van der Waals surface area (Å²) in [7, 11) is 0. The molecule has 150 valence electrons. The van der Waals surface area contributed by atoms with E-state index in [9.17, 15) is 28.6 Å². The summed E-state index contributed by atoms with van der Waals surface area (Å²) < 4.78 is 25.7. The normalized spacial score (nSPS) is 13.1. The molecule has 0 saturated carbocycles. The highest BCUT2D eigenvalue weighted by atomic mass is 32.2. The molecule has 0 radical (unpaired) electrons. The Morgan fingerprint density at radius 3 is 1.36 bits per heavy atom. The molecule has 0 aliphatic carbocycles. The molecule has 2 atom stereocenters. The van der Waals surface area contributed by atoms with Gasteiger partial charge in [-0.3, -0.25) is 9.59 Å². The molecule has 0 bridgehead atoms. The van der Waals surface area contributed by atoms with Gasteiger partial charge >= 0.3 is 0 Å². The van der Waals surface area contributed by atoms with E-state index in [1.807, 2.05) is 0 Å². The smallest absolute Gasteiger partial charge is 0.172 e. The van der Waals surface area contributed by atoms with Crippen molar-refractivity contribution < 1.29 is 28.6 Å². The number of hydrogen-bond acceptors (Lipinski definition) is 6. The van der Waals surface area contributed by atoms with E-state index in [1.165, 1.54) is 72.1 Å². The Kier molecular flexibility index (Phi) is 9.11. The molecule has 0 amide bonds. The lowest BCUT2D eigenvalue weighted by molar-refractivity contribution is 0.0500. The summed E-state index contributed by atoms with van der Waals surface area (Å²) in [5.74, 6) is -0.702. The molecule has 2 aromatic carbocycles. The van der Waals surface area contributed by atoms with E-state index >= 15 is 0 Å². The first-order valence-corrected chi connectivity index (χ1v) is 10.8. The van der Waals surface area contributed by atoms with Crippen molar-refractivity contribution in [2.75, 3.05) is 23.0 Å². The van der Waals surface area contributed by atoms with E-state index in [4.69, 9.17) is 0 Å². The fourth-order valence-electron chi connectivity index (χ4n) is 2.21. The summed E-state index contributed by atoms with van der Waals surface area (Å²) >= 11 is 2.34. The number of ketones is 2. The van der Waals surface area contributed by atoms with E-state index in [1.54, 1.807) is 0 Å². The molecule has 2 N–H and O–H groups in total. The molecule has 2 aromatic rings. The van der Waals surface area contributed by atoms with E-state index in [2.05, 4.69) is 0 Å². The highest BCUT2D eigenvalue weighted by Crippen LogP contribution is 2.15. The van der Waals surface area contributed by atoms with E-state index in [0.717, 1.165) is 0 Å². The van der Waals surface area contributed by atoms with Crippen LogP contribution < -0.4 is 0 Å². The lowest BCUT2D eigenvalue weighted by Gasteiger charge is -2.17. The predicted molar refractivity (Wildman–Crippen MR) is 108 cm³/mol. The van der Waals surface area contributed by atoms with Crippen LogP contribution in [0.5, 0.6) is 0 Å². The van der Waals surface area contributed by atoms with Gasteiger partial charge in [-0.15, -0.1) is 0 Å². The van der Waals surface area contributed by atoms with Crippen LogP contribution in [0, 0.1) is 11.6 Å². The third-order valence-electron chi connectivity index (χ3n) is 3.82. The maximum absolute atomic E-state index is 12.8. The topological polar surface area (TPSA) is 74.6 Å². The van der Waals surface area contributed by atoms with Crippen LogP contribution in [-0.4, -0.2) is 57.0 Å². The van der Waals surface area contributed by atoms with Gasteiger partial charge in [0.1, 0.15) is 11.6 Å². The monoisotopic (exact) mass is 426 g/mol. The quantitative estimate of drug-likeness (QED) is 0.538. The number of hydrogen-bond donors (Lipinski definition) is 2. The second kappa shape index (κ2) is 11.3. The zero-order valence-corrected chi connectivity index (χ0v) is 16.5. The first-order valence-electron chi connectivity index (χ1n) is 8.46. The SMILES string of the molecule is O=C(CSC[C@H](O)[C@@H](O)CSCC(=O)c1ccc(F)cc1)c1ccc(F)cc1. The van der Waals surface area contributed by atoms with E-state index < -0.39 is 23.8 Å². The number of aliphatic hydroxyl groups is 2. The third kappa shape index (κ3) is 7.35. The number of carbonyl (C=O) groups excluding carboxylic acids is 2. The van der Waals surface area contributed by atoms with Gasteiger partial charge in [0, 0.05) is 22.6 Å². The Bertz CT molecular complexity index is 714. The molecule has 0 saturated heterocycles. The Hall–Kier alpha value is -1.74. The molecule has 0 aliphatic heterocycles. The summed E-state index contributed by atoms with van der Waals surface area (Å²) in [5.41, 5.74) is 0.776. The number of thioether (sulfide) groups is 2. The predicted octanol–water partition coefficient (Wildman–Crippen LogP) is 3.22. The van der Waals surface area contributed by atoms with Crippen LogP contribution in [0.4, 0.5) is 8.78 Å². The van der Waals surface area contributed by atoms with Crippen molar-refractivity contribution in [2.45, 2.75) is 12.2 Å². The molecule has 0 aliphatic rings. The van der Waals surface area contributed by atoms with Gasteiger partial charge in [-0.2, -0.15) is 23.5 Å². The summed E-state index contributed by atoms with van der Waals surface area (Å²) in [5, 5.41) is 20.0. The minimum absolute atomic E-state index is 0.103. The number of Topliss-reactive ketones (excluding diaryl/α,β-unsaturated/α-hetero) is 2. The van der Waals surface area contributed by atoms with Crippen LogP contribution >= 0.6 is 23.5 Å². The van der Waals surface area contributed by atoms with Gasteiger partial charge in [-0.1, -0.05) is 0 Å². The first-order chi connectivity index (χ1) is 13.4. The van der Waals surface area contributed by atoms with Crippen LogP contribution in [0.25, 0.3) is 0 Å². The number of rotatable bonds is 11. The van der Waals surface area contributed by atoms with Crippen molar-refractivity contribution >= 4 is 35.1 Å². The molecule has 4 nitrogen and oxygen atoms in total. The number of carbonyl (C=O) groups is 2. The lowest BCUT2D eigenvalue weighted by Crippen LogP contribution is -2.31. The van der Waals surface area contributed by atoms with Gasteiger partial charge in [-0.05, 0) is 48.5 Å². The molecule has 2 rings (SSSR count). The van der Waals surface area contributed by atoms with Crippen LogP contribution in [0.3, 0.4) is 0 Å². The van der Waals surface area contributed by atoms with Crippen molar-refractivity contribution in [2.24, 2.45) is 0 Å². The van der Waals surface area contributed by atoms with Crippen molar-refractivity contribution in [1.29, 1.82) is 0 Å². The fraction of sp³-hybridized carbons (Fsp3) is 0.300. The zero-order chi connectivity index (χ0) is 20.5. The Morgan fingerprint density at radius 2 is 1.04 bits per heavy atom. The van der Waals surface area contributed by atoms with Crippen molar-refractivity contribution in [3.05, 3.63) is 71.3 Å². The molecular formula is C20H20F2O4S2. The molecule has 0 spiro atoms. The van der Waals surface area contributed by atoms with Crippen LogP contribution in [0.2, 0.25) is 0 Å². The first kappa shape index (κ1) is 22.5. The molecule has 28 heavy (non-hydrogen) atoms. The summed E-state index contributed by atoms with van der Waals surface area (Å²) in [6, 6.07) is 10.4. The van der Waals surface area contributed by atoms with Gasteiger partial charge < -0.3 is 10.2 Å². The van der Waals surface area contributed by atoms with Crippen LogP contribution in [-0.2, 0) is 0 Å². The zero-order valence-electron chi connectivity index (χ0n) is 14.9. The minimum atomic E-state index is -1.04. The lowest BCUT2D eigenvalue weighted by atomic mass is 10.1. The van der Waals surface area contributed by atoms with Gasteiger partial charge in [0.15, 0.2) is 11.6 Å². The molecule has 0 fully saturated rings. The second-order valence-electron chi connectivity index (χ2n) is 6.03. The standard InChI is InChI=1S/C20H20F2O4S2/c21-15-5-1-13(2-6-15)17(23)9-27-11-19(25)20(26)12-28-10-18(24)14-3-7-16(22)8-4-14/h1-8,19-20,25-26H,9-12H2/t19-,20-/m0/s1. The van der Waals surface area contributed by atoms with Crippen molar-refractivity contribution in [1.82, 2.24) is 0 Å². The van der Waals surface area contributed by atoms with E-state index in [0.29, 0.717) is 11.1 Å². The summed E-state index contributed by atoms with van der Waals surface area (Å²) in [6.45, 7) is 0. The minimum Gasteiger partial charge on any atom is -0.390 e. The average molecular weight is 427 g/mol. The third-order valence-corrected chi connectivity index (χ3v) is 5.91. The largest absolute Gasteiger partial charge is 0.390 e. The Balaban J connectivity index is 1.66. The number of halogens is 2. The maximum atomic E-state index is 12.8. The van der Waals surface area contributed by atoms with Gasteiger partial charge in [0.2, 0.25) is 0 Å². The molecule has 8 heteroatoms. The Morgan fingerprint density at radius 1 is 0.714 bits per heavy atom. The molecule has 0 heterocycles. The van der Waals surface area contributed by atoms with Gasteiger partial charge in [0.25, 0.3) is 0 Å². The second-order valence-corrected chi connectivity index (χ2v) is 8.09. The molecule has 0 aromatic heterocycles. The van der Waals surface area contributed by atoms with Gasteiger partial charge in [-0.25, -0.2) is 8.78 Å². The van der Waals surface area contributed by atoms with Gasteiger partial charge in [0.05, 0.1) is 23.7 Å². The van der Waals surface area contributed by atoms with E-state index in [-0.39, 0.29) is 34.6 Å². The van der Waals surface area contributed by atoms with Crippen molar-refractivity contribution in [3.63, 3.8) is 0 Å². The van der Waals surface area contributed by atoms with Crippen LogP contribution in [0.15, 0.2) is 48.5 Å². The average Bonchev–Trinajstić information content (AvgIpc) is 2.68. The molecule has 0 unspecified atom stereocenters. The highest BCUT2D eigenvalue weighted by Gasteiger charge is 2.18.